The third-order valence-electron chi connectivity index (χ3n) is 3.00. The summed E-state index contributed by atoms with van der Waals surface area (Å²) in [7, 11) is 0. The molecule has 0 fully saturated rings. The summed E-state index contributed by atoms with van der Waals surface area (Å²) in [6.07, 6.45) is 0. The third kappa shape index (κ3) is 2.71. The van der Waals surface area contributed by atoms with Gasteiger partial charge in [0.1, 0.15) is 11.7 Å². The fraction of sp³-hybridized carbons (Fsp3) is 0.125. The number of hydrogen-bond acceptors (Lipinski definition) is 2. The van der Waals surface area contributed by atoms with Crippen molar-refractivity contribution in [3.63, 3.8) is 0 Å². The Balaban J connectivity index is 2.45. The molecule has 0 aromatic heterocycles. The van der Waals surface area contributed by atoms with E-state index in [1.54, 1.807) is 24.3 Å². The normalized spacial score (nSPS) is 11.7. The average Bonchev–Trinajstić information content (AvgIpc) is 2.41. The van der Waals surface area contributed by atoms with Gasteiger partial charge in [0.15, 0.2) is 5.78 Å². The second-order valence-electron chi connectivity index (χ2n) is 4.43. The quantitative estimate of drug-likeness (QED) is 0.791. The number of halogens is 2. The number of benzene rings is 2. The molecule has 0 heterocycles. The van der Waals surface area contributed by atoms with Gasteiger partial charge in [-0.05, 0) is 30.7 Å². The van der Waals surface area contributed by atoms with Gasteiger partial charge in [0.05, 0.1) is 11.1 Å². The van der Waals surface area contributed by atoms with Crippen molar-refractivity contribution in [2.24, 2.45) is 0 Å². The summed E-state index contributed by atoms with van der Waals surface area (Å²) in [6, 6.07) is 12.5. The molecule has 0 amide bonds. The number of ketones is 1. The first-order valence-corrected chi connectivity index (χ1v) is 6.37. The Hall–Kier alpha value is -2.18. The monoisotopic (exact) mass is 287 g/mol. The number of nitrogens with zero attached hydrogens (tertiary/aromatic N) is 1. The number of nitriles is 1. The summed E-state index contributed by atoms with van der Waals surface area (Å²) in [5, 5.41) is 9.47. The number of carbonyl (C=O) groups is 1. The van der Waals surface area contributed by atoms with Crippen LogP contribution in [0.5, 0.6) is 0 Å². The van der Waals surface area contributed by atoms with E-state index in [2.05, 4.69) is 0 Å². The van der Waals surface area contributed by atoms with E-state index in [4.69, 9.17) is 11.6 Å². The average molecular weight is 288 g/mol. The molecule has 0 saturated carbocycles. The van der Waals surface area contributed by atoms with Gasteiger partial charge in [-0.2, -0.15) is 5.26 Å². The van der Waals surface area contributed by atoms with Gasteiger partial charge in [-0.25, -0.2) is 4.39 Å². The molecule has 2 nitrogen and oxygen atoms in total. The molecule has 1 unspecified atom stereocenters. The van der Waals surface area contributed by atoms with Gasteiger partial charge in [0, 0.05) is 11.1 Å². The molecule has 0 saturated heterocycles. The minimum atomic E-state index is -1.20. The van der Waals surface area contributed by atoms with Crippen LogP contribution in [0.15, 0.2) is 42.5 Å². The molecule has 0 radical (unpaired) electrons. The summed E-state index contributed by atoms with van der Waals surface area (Å²) in [5.74, 6) is -2.27. The SMILES string of the molecule is Cc1ccc(C(=O)C(C#N)c2ccccc2F)c(Cl)c1. The predicted octanol–water partition coefficient (Wildman–Crippen LogP) is 4.28. The summed E-state index contributed by atoms with van der Waals surface area (Å²) < 4.78 is 13.7. The standard InChI is InChI=1S/C16H11ClFNO/c1-10-6-7-12(14(17)8-10)16(20)13(9-19)11-4-2-3-5-15(11)18/h2-8,13H,1H3. The zero-order valence-electron chi connectivity index (χ0n) is 10.7. The highest BCUT2D eigenvalue weighted by atomic mass is 35.5. The van der Waals surface area contributed by atoms with Gasteiger partial charge in [-0.3, -0.25) is 4.79 Å². The topological polar surface area (TPSA) is 40.9 Å². The van der Waals surface area contributed by atoms with Crippen LogP contribution in [0, 0.1) is 24.1 Å². The van der Waals surface area contributed by atoms with Gasteiger partial charge in [0.2, 0.25) is 0 Å². The summed E-state index contributed by atoms with van der Waals surface area (Å²) in [4.78, 5) is 12.4. The lowest BCUT2D eigenvalue weighted by Crippen LogP contribution is -2.13. The van der Waals surface area contributed by atoms with Crippen LogP contribution in [0.4, 0.5) is 4.39 Å². The van der Waals surface area contributed by atoms with Crippen LogP contribution in [0.25, 0.3) is 0 Å². The van der Waals surface area contributed by atoms with E-state index >= 15 is 0 Å². The van der Waals surface area contributed by atoms with Crippen molar-refractivity contribution in [2.75, 3.05) is 0 Å². The molecule has 1 atom stereocenters. The zero-order valence-corrected chi connectivity index (χ0v) is 11.5. The van der Waals surface area contributed by atoms with Gasteiger partial charge in [-0.15, -0.1) is 0 Å². The van der Waals surface area contributed by atoms with Crippen molar-refractivity contribution in [3.05, 3.63) is 70.0 Å². The third-order valence-corrected chi connectivity index (χ3v) is 3.31. The Kier molecular flexibility index (Phi) is 4.16. The maximum absolute atomic E-state index is 13.7. The highest BCUT2D eigenvalue weighted by molar-refractivity contribution is 6.34. The second kappa shape index (κ2) is 5.85. The van der Waals surface area contributed by atoms with Crippen LogP contribution in [-0.2, 0) is 0 Å². The van der Waals surface area contributed by atoms with Gasteiger partial charge < -0.3 is 0 Å². The van der Waals surface area contributed by atoms with Crippen LogP contribution in [0.3, 0.4) is 0 Å². The highest BCUT2D eigenvalue weighted by Crippen LogP contribution is 2.27. The Morgan fingerprint density at radius 2 is 2.00 bits per heavy atom. The number of hydrogen-bond donors (Lipinski definition) is 0. The van der Waals surface area contributed by atoms with Crippen molar-refractivity contribution in [1.82, 2.24) is 0 Å². The molecule has 0 spiro atoms. The van der Waals surface area contributed by atoms with E-state index < -0.39 is 17.5 Å². The molecule has 2 aromatic carbocycles. The smallest absolute Gasteiger partial charge is 0.186 e. The van der Waals surface area contributed by atoms with Crippen LogP contribution in [0.1, 0.15) is 27.4 Å². The van der Waals surface area contributed by atoms with Crippen LogP contribution in [0.2, 0.25) is 5.02 Å². The summed E-state index contributed by atoms with van der Waals surface area (Å²) >= 11 is 6.03. The molecule has 20 heavy (non-hydrogen) atoms. The van der Waals surface area contributed by atoms with Crippen molar-refractivity contribution in [2.45, 2.75) is 12.8 Å². The molecule has 100 valence electrons. The van der Waals surface area contributed by atoms with Crippen molar-refractivity contribution in [3.8, 4) is 6.07 Å². The Labute approximate surface area is 121 Å². The van der Waals surface area contributed by atoms with Gasteiger partial charge >= 0.3 is 0 Å². The first-order valence-electron chi connectivity index (χ1n) is 5.99. The zero-order chi connectivity index (χ0) is 14.7. The molecule has 0 aliphatic rings. The van der Waals surface area contributed by atoms with Crippen molar-refractivity contribution in [1.29, 1.82) is 5.26 Å². The van der Waals surface area contributed by atoms with E-state index in [1.807, 2.05) is 13.0 Å². The molecule has 4 heteroatoms. The number of aryl methyl sites for hydroxylation is 1. The predicted molar refractivity (Wildman–Crippen MR) is 75.3 cm³/mol. The van der Waals surface area contributed by atoms with Gasteiger partial charge in [0.25, 0.3) is 0 Å². The Bertz CT molecular complexity index is 706. The lowest BCUT2D eigenvalue weighted by molar-refractivity contribution is 0.0977. The number of carbonyl (C=O) groups excluding carboxylic acids is 1. The molecule has 0 aliphatic heterocycles. The molecular weight excluding hydrogens is 277 g/mol. The molecule has 0 bridgehead atoms. The lowest BCUT2D eigenvalue weighted by Gasteiger charge is -2.11. The van der Waals surface area contributed by atoms with Crippen molar-refractivity contribution < 1.29 is 9.18 Å². The first-order chi connectivity index (χ1) is 9.54. The van der Waals surface area contributed by atoms with Crippen LogP contribution in [-0.4, -0.2) is 5.78 Å². The van der Waals surface area contributed by atoms with Crippen molar-refractivity contribution >= 4 is 17.4 Å². The molecule has 2 aromatic rings. The first kappa shape index (κ1) is 14.2. The van der Waals surface area contributed by atoms with Crippen LogP contribution >= 0.6 is 11.6 Å². The van der Waals surface area contributed by atoms with E-state index in [0.29, 0.717) is 0 Å². The van der Waals surface area contributed by atoms with Crippen LogP contribution < -0.4 is 0 Å². The van der Waals surface area contributed by atoms with Gasteiger partial charge in [-0.1, -0.05) is 35.9 Å². The highest BCUT2D eigenvalue weighted by Gasteiger charge is 2.25. The lowest BCUT2D eigenvalue weighted by atomic mass is 9.91. The number of rotatable bonds is 3. The second-order valence-corrected chi connectivity index (χ2v) is 4.84. The Morgan fingerprint density at radius 1 is 1.30 bits per heavy atom. The Morgan fingerprint density at radius 3 is 2.60 bits per heavy atom. The maximum Gasteiger partial charge on any atom is 0.186 e. The minimum absolute atomic E-state index is 0.0663. The van der Waals surface area contributed by atoms with E-state index in [-0.39, 0.29) is 16.1 Å². The van der Waals surface area contributed by atoms with E-state index in [9.17, 15) is 14.4 Å². The molecule has 0 N–H and O–H groups in total. The summed E-state index contributed by atoms with van der Waals surface area (Å²) in [6.45, 7) is 1.85. The largest absolute Gasteiger partial charge is 0.292 e. The number of Topliss-reactive ketones (excluding diaryl/α,β-unsaturated/α-hetero) is 1. The molecular formula is C16H11ClFNO. The summed E-state index contributed by atoms with van der Waals surface area (Å²) in [5.41, 5.74) is 1.20. The molecule has 0 aliphatic carbocycles. The van der Waals surface area contributed by atoms with E-state index in [1.165, 1.54) is 18.2 Å². The fourth-order valence-electron chi connectivity index (χ4n) is 1.95. The maximum atomic E-state index is 13.7. The minimum Gasteiger partial charge on any atom is -0.292 e. The fourth-order valence-corrected chi connectivity index (χ4v) is 2.28. The van der Waals surface area contributed by atoms with E-state index in [0.717, 1.165) is 5.56 Å². The molecule has 2 rings (SSSR count).